The van der Waals surface area contributed by atoms with Gasteiger partial charge in [-0.15, -0.1) is 0 Å². The summed E-state index contributed by atoms with van der Waals surface area (Å²) in [7, 11) is 0. The fourth-order valence-electron chi connectivity index (χ4n) is 3.23. The molecule has 0 unspecified atom stereocenters. The number of nitrogens with zero attached hydrogens (tertiary/aromatic N) is 2. The molecule has 0 aliphatic rings. The van der Waals surface area contributed by atoms with E-state index in [9.17, 15) is 23.2 Å². The molecule has 3 N–H and O–H groups in total. The molecule has 0 fully saturated rings. The highest BCUT2D eigenvalue weighted by molar-refractivity contribution is 6.34. The van der Waals surface area contributed by atoms with Crippen molar-refractivity contribution in [2.45, 2.75) is 32.9 Å². The van der Waals surface area contributed by atoms with Crippen molar-refractivity contribution in [1.82, 2.24) is 9.55 Å². The van der Waals surface area contributed by atoms with E-state index in [-0.39, 0.29) is 35.2 Å². The number of H-pyrrole nitrogens is 1. The molecule has 0 saturated carbocycles. The molecule has 1 aromatic heterocycles. The Kier molecular flexibility index (Phi) is 7.09. The normalized spacial score (nSPS) is 10.9. The number of carbonyl (C=O) groups excluding carboxylic acids is 1. The van der Waals surface area contributed by atoms with Crippen molar-refractivity contribution >= 4 is 29.0 Å². The number of rotatable bonds is 7. The fourth-order valence-corrected chi connectivity index (χ4v) is 3.46. The molecule has 3 rings (SSSR count). The SMILES string of the molecule is CCCCn1c(N)c(N(Cc2ccccc2)C(=O)c2cc(F)c(F)cc2Cl)c(=O)[nH]c1=O. The van der Waals surface area contributed by atoms with Crippen LogP contribution in [0.25, 0.3) is 0 Å². The number of carbonyl (C=O) groups is 1. The molecule has 10 heteroatoms. The topological polar surface area (TPSA) is 101 Å². The summed E-state index contributed by atoms with van der Waals surface area (Å²) < 4.78 is 28.6. The highest BCUT2D eigenvalue weighted by Crippen LogP contribution is 2.27. The number of hydrogen-bond donors (Lipinski definition) is 2. The summed E-state index contributed by atoms with van der Waals surface area (Å²) in [4.78, 5) is 41.6. The molecule has 1 heterocycles. The van der Waals surface area contributed by atoms with Gasteiger partial charge in [0.1, 0.15) is 5.82 Å². The third-order valence-corrected chi connectivity index (χ3v) is 5.20. The second-order valence-electron chi connectivity index (χ2n) is 7.12. The molecule has 2 aromatic carbocycles. The first-order valence-electron chi connectivity index (χ1n) is 9.87. The molecular formula is C22H21ClF2N4O3. The summed E-state index contributed by atoms with van der Waals surface area (Å²) in [6.07, 6.45) is 1.37. The Morgan fingerprint density at radius 3 is 2.47 bits per heavy atom. The lowest BCUT2D eigenvalue weighted by Gasteiger charge is -2.25. The lowest BCUT2D eigenvalue weighted by molar-refractivity contribution is 0.0984. The minimum absolute atomic E-state index is 0.131. The Bertz CT molecular complexity index is 1260. The molecule has 7 nitrogen and oxygen atoms in total. The van der Waals surface area contributed by atoms with E-state index in [1.54, 1.807) is 30.3 Å². The van der Waals surface area contributed by atoms with Crippen LogP contribution in [-0.2, 0) is 13.1 Å². The fraction of sp³-hybridized carbons (Fsp3) is 0.227. The second kappa shape index (κ2) is 9.78. The van der Waals surface area contributed by atoms with Crippen LogP contribution >= 0.6 is 11.6 Å². The highest BCUT2D eigenvalue weighted by Gasteiger charge is 2.28. The van der Waals surface area contributed by atoms with E-state index in [0.717, 1.165) is 11.3 Å². The van der Waals surface area contributed by atoms with Gasteiger partial charge in [0.15, 0.2) is 17.3 Å². The number of amides is 1. The number of nitrogens with two attached hydrogens (primary N) is 1. The molecule has 1 amide bonds. The Morgan fingerprint density at radius 2 is 1.81 bits per heavy atom. The summed E-state index contributed by atoms with van der Waals surface area (Å²) in [6.45, 7) is 2.02. The number of hydrogen-bond acceptors (Lipinski definition) is 4. The molecule has 0 aliphatic heterocycles. The number of benzene rings is 2. The summed E-state index contributed by atoms with van der Waals surface area (Å²) in [5.74, 6) is -3.58. The third kappa shape index (κ3) is 4.72. The first-order chi connectivity index (χ1) is 15.2. The molecule has 0 radical (unpaired) electrons. The van der Waals surface area contributed by atoms with E-state index in [1.165, 1.54) is 4.57 Å². The van der Waals surface area contributed by atoms with E-state index in [4.69, 9.17) is 17.3 Å². The lowest BCUT2D eigenvalue weighted by atomic mass is 10.1. The quantitative estimate of drug-likeness (QED) is 0.523. The standard InChI is InChI=1S/C22H21ClF2N4O3/c1-2-3-9-28-19(26)18(20(30)27-22(28)32)29(12-13-7-5-4-6-8-13)21(31)14-10-16(24)17(25)11-15(14)23/h4-8,10-11H,2-3,9,12,26H2,1H3,(H,27,30,32). The number of aromatic amines is 1. The summed E-state index contributed by atoms with van der Waals surface area (Å²) >= 11 is 6.01. The lowest BCUT2D eigenvalue weighted by Crippen LogP contribution is -2.41. The van der Waals surface area contributed by atoms with Crippen molar-refractivity contribution in [3.8, 4) is 0 Å². The van der Waals surface area contributed by atoms with Crippen LogP contribution in [0.2, 0.25) is 5.02 Å². The van der Waals surface area contributed by atoms with Crippen LogP contribution in [0, 0.1) is 11.6 Å². The van der Waals surface area contributed by atoms with Crippen LogP contribution in [0.4, 0.5) is 20.3 Å². The van der Waals surface area contributed by atoms with Gasteiger partial charge in [0, 0.05) is 6.54 Å². The molecule has 168 valence electrons. The zero-order valence-electron chi connectivity index (χ0n) is 17.2. The van der Waals surface area contributed by atoms with Crippen LogP contribution in [0.5, 0.6) is 0 Å². The van der Waals surface area contributed by atoms with Crippen molar-refractivity contribution in [2.24, 2.45) is 0 Å². The zero-order valence-corrected chi connectivity index (χ0v) is 18.0. The number of nitrogens with one attached hydrogen (secondary N) is 1. The predicted octanol–water partition coefficient (Wildman–Crippen LogP) is 3.70. The van der Waals surface area contributed by atoms with E-state index >= 15 is 0 Å². The van der Waals surface area contributed by atoms with Gasteiger partial charge in [-0.25, -0.2) is 13.6 Å². The number of unbranched alkanes of at least 4 members (excludes halogenated alkanes) is 1. The first kappa shape index (κ1) is 23.2. The van der Waals surface area contributed by atoms with E-state index in [1.807, 2.05) is 6.92 Å². The van der Waals surface area contributed by atoms with Crippen LogP contribution in [0.3, 0.4) is 0 Å². The second-order valence-corrected chi connectivity index (χ2v) is 7.53. The number of aromatic nitrogens is 2. The van der Waals surface area contributed by atoms with Gasteiger partial charge >= 0.3 is 5.69 Å². The molecule has 0 spiro atoms. The van der Waals surface area contributed by atoms with Crippen molar-refractivity contribution in [3.63, 3.8) is 0 Å². The smallest absolute Gasteiger partial charge is 0.330 e. The van der Waals surface area contributed by atoms with Crippen LogP contribution in [-0.4, -0.2) is 15.5 Å². The molecular weight excluding hydrogens is 442 g/mol. The molecule has 0 atom stereocenters. The van der Waals surface area contributed by atoms with Crippen molar-refractivity contribution < 1.29 is 13.6 Å². The highest BCUT2D eigenvalue weighted by atomic mass is 35.5. The Balaban J connectivity index is 2.20. The number of nitrogen functional groups attached to an aromatic ring is 1. The van der Waals surface area contributed by atoms with Gasteiger partial charge in [-0.1, -0.05) is 55.3 Å². The largest absolute Gasteiger partial charge is 0.383 e. The van der Waals surface area contributed by atoms with Crippen LogP contribution in [0.1, 0.15) is 35.7 Å². The zero-order chi connectivity index (χ0) is 23.4. The van der Waals surface area contributed by atoms with Gasteiger partial charge in [0.25, 0.3) is 11.5 Å². The Morgan fingerprint density at radius 1 is 1.16 bits per heavy atom. The minimum Gasteiger partial charge on any atom is -0.383 e. The van der Waals surface area contributed by atoms with E-state index in [2.05, 4.69) is 4.98 Å². The van der Waals surface area contributed by atoms with Gasteiger partial charge in [-0.05, 0) is 24.1 Å². The van der Waals surface area contributed by atoms with Gasteiger partial charge < -0.3 is 5.73 Å². The van der Waals surface area contributed by atoms with Gasteiger partial charge in [-0.2, -0.15) is 0 Å². The molecule has 3 aromatic rings. The maximum Gasteiger partial charge on any atom is 0.330 e. The first-order valence-corrected chi connectivity index (χ1v) is 10.2. The summed E-state index contributed by atoms with van der Waals surface area (Å²) in [6, 6.07) is 10.0. The van der Waals surface area contributed by atoms with Crippen LogP contribution in [0.15, 0.2) is 52.1 Å². The Hall–Kier alpha value is -3.46. The van der Waals surface area contributed by atoms with Gasteiger partial charge in [0.2, 0.25) is 0 Å². The average molecular weight is 463 g/mol. The number of anilines is 2. The maximum absolute atomic E-state index is 13.9. The van der Waals surface area contributed by atoms with Crippen molar-refractivity contribution in [1.29, 1.82) is 0 Å². The number of halogens is 3. The molecule has 0 bridgehead atoms. The Labute approximate surface area is 187 Å². The average Bonchev–Trinajstić information content (AvgIpc) is 2.75. The monoisotopic (exact) mass is 462 g/mol. The molecule has 32 heavy (non-hydrogen) atoms. The molecule has 0 aliphatic carbocycles. The van der Waals surface area contributed by atoms with Crippen molar-refractivity contribution in [2.75, 3.05) is 10.6 Å². The van der Waals surface area contributed by atoms with Crippen molar-refractivity contribution in [3.05, 3.63) is 91.1 Å². The minimum atomic E-state index is -1.27. The third-order valence-electron chi connectivity index (χ3n) is 4.89. The maximum atomic E-state index is 13.9. The van der Waals surface area contributed by atoms with E-state index < -0.39 is 28.8 Å². The summed E-state index contributed by atoms with van der Waals surface area (Å²) in [5, 5.41) is -0.332. The van der Waals surface area contributed by atoms with Gasteiger partial charge in [-0.3, -0.25) is 24.0 Å². The summed E-state index contributed by atoms with van der Waals surface area (Å²) in [5.41, 5.74) is 4.57. The predicted molar refractivity (Wildman–Crippen MR) is 119 cm³/mol. The molecule has 0 saturated heterocycles. The van der Waals surface area contributed by atoms with Gasteiger partial charge in [0.05, 0.1) is 17.1 Å². The van der Waals surface area contributed by atoms with E-state index in [0.29, 0.717) is 24.1 Å². The van der Waals surface area contributed by atoms with Crippen LogP contribution < -0.4 is 21.9 Å².